The molecule has 0 aliphatic carbocycles. The third kappa shape index (κ3) is 5.01. The molecule has 3 rings (SSSR count). The lowest BCUT2D eigenvalue weighted by molar-refractivity contribution is -0.133. The summed E-state index contributed by atoms with van der Waals surface area (Å²) in [4.78, 5) is 27.0. The van der Waals surface area contributed by atoms with Gasteiger partial charge in [0.05, 0.1) is 0 Å². The smallest absolute Gasteiger partial charge is 0.268 e. The van der Waals surface area contributed by atoms with E-state index in [2.05, 4.69) is 5.32 Å². The minimum Gasteiger partial charge on any atom is -0.348 e. The number of nitrogens with one attached hydrogen (secondary N) is 1. The van der Waals surface area contributed by atoms with Crippen LogP contribution in [0.5, 0.6) is 0 Å². The van der Waals surface area contributed by atoms with Gasteiger partial charge in [-0.15, -0.1) is 0 Å². The van der Waals surface area contributed by atoms with E-state index in [0.717, 1.165) is 12.8 Å². The highest BCUT2D eigenvalue weighted by Gasteiger charge is 2.30. The number of sulfonamides is 1. The lowest BCUT2D eigenvalue weighted by atomic mass is 10.0. The first-order valence-corrected chi connectivity index (χ1v) is 11.9. The second-order valence-corrected chi connectivity index (χ2v) is 10.4. The Morgan fingerprint density at radius 1 is 1.14 bits per heavy atom. The van der Waals surface area contributed by atoms with Gasteiger partial charge in [0.15, 0.2) is 0 Å². The number of carbonyl (C=O) groups is 2. The molecule has 2 aliphatic rings. The van der Waals surface area contributed by atoms with Crippen molar-refractivity contribution in [3.63, 3.8) is 0 Å². The van der Waals surface area contributed by atoms with Crippen LogP contribution in [0.3, 0.4) is 0 Å². The van der Waals surface area contributed by atoms with Crippen molar-refractivity contribution in [2.24, 2.45) is 13.0 Å². The van der Waals surface area contributed by atoms with Crippen LogP contribution in [-0.4, -0.2) is 66.2 Å². The minimum atomic E-state index is -3.55. The second-order valence-electron chi connectivity index (χ2n) is 8.51. The van der Waals surface area contributed by atoms with Crippen LogP contribution in [-0.2, 0) is 21.9 Å². The fourth-order valence-electron chi connectivity index (χ4n) is 3.99. The SMILES string of the molecule is CC(C)CC(=O)N1CCC(NC(=O)c2cc(S(=O)(=O)N3CCCC3)cn2C)CC1. The molecular weight excluding hydrogens is 392 g/mol. The van der Waals surface area contributed by atoms with Gasteiger partial charge in [0.2, 0.25) is 15.9 Å². The van der Waals surface area contributed by atoms with E-state index in [0.29, 0.717) is 57.1 Å². The Morgan fingerprint density at radius 3 is 2.34 bits per heavy atom. The predicted octanol–water partition coefficient (Wildman–Crippen LogP) is 1.58. The van der Waals surface area contributed by atoms with Gasteiger partial charge in [0, 0.05) is 51.9 Å². The Kier molecular flexibility index (Phi) is 6.68. The van der Waals surface area contributed by atoms with Crippen molar-refractivity contribution in [2.75, 3.05) is 26.2 Å². The van der Waals surface area contributed by atoms with Gasteiger partial charge >= 0.3 is 0 Å². The Hall–Kier alpha value is -1.87. The third-order valence-corrected chi connectivity index (χ3v) is 7.55. The average Bonchev–Trinajstić information content (AvgIpc) is 3.32. The van der Waals surface area contributed by atoms with E-state index in [-0.39, 0.29) is 22.8 Å². The normalized spacial score (nSPS) is 19.1. The van der Waals surface area contributed by atoms with Gasteiger partial charge < -0.3 is 14.8 Å². The number of aryl methyl sites for hydroxylation is 1. The molecule has 1 aromatic heterocycles. The van der Waals surface area contributed by atoms with Crippen molar-refractivity contribution in [2.45, 2.75) is 56.9 Å². The molecule has 0 aromatic carbocycles. The first-order chi connectivity index (χ1) is 13.7. The van der Waals surface area contributed by atoms with E-state index in [1.54, 1.807) is 11.6 Å². The Bertz CT molecular complexity index is 848. The van der Waals surface area contributed by atoms with Crippen LogP contribution in [0.25, 0.3) is 0 Å². The van der Waals surface area contributed by atoms with E-state index in [1.165, 1.54) is 16.6 Å². The summed E-state index contributed by atoms with van der Waals surface area (Å²) in [5.41, 5.74) is 0.334. The molecule has 3 heterocycles. The first-order valence-electron chi connectivity index (χ1n) is 10.4. The van der Waals surface area contributed by atoms with Crippen LogP contribution < -0.4 is 5.32 Å². The molecule has 8 nitrogen and oxygen atoms in total. The van der Waals surface area contributed by atoms with Gasteiger partial charge in [-0.2, -0.15) is 4.31 Å². The van der Waals surface area contributed by atoms with Crippen molar-refractivity contribution >= 4 is 21.8 Å². The van der Waals surface area contributed by atoms with E-state index < -0.39 is 10.0 Å². The highest BCUT2D eigenvalue weighted by molar-refractivity contribution is 7.89. The molecule has 1 aromatic rings. The summed E-state index contributed by atoms with van der Waals surface area (Å²) in [6, 6.07) is 1.45. The van der Waals surface area contributed by atoms with Gasteiger partial charge in [-0.1, -0.05) is 13.8 Å². The topological polar surface area (TPSA) is 91.7 Å². The minimum absolute atomic E-state index is 0.0147. The number of hydrogen-bond donors (Lipinski definition) is 1. The molecular formula is C20H32N4O4S. The highest BCUT2D eigenvalue weighted by atomic mass is 32.2. The average molecular weight is 425 g/mol. The van der Waals surface area contributed by atoms with Crippen molar-refractivity contribution in [3.05, 3.63) is 18.0 Å². The summed E-state index contributed by atoms with van der Waals surface area (Å²) < 4.78 is 28.5. The lowest BCUT2D eigenvalue weighted by Crippen LogP contribution is -2.47. The number of likely N-dealkylation sites (tertiary alicyclic amines) is 1. The largest absolute Gasteiger partial charge is 0.348 e. The van der Waals surface area contributed by atoms with Crippen molar-refractivity contribution in [3.8, 4) is 0 Å². The molecule has 0 saturated carbocycles. The van der Waals surface area contributed by atoms with E-state index in [1.807, 2.05) is 18.7 Å². The molecule has 29 heavy (non-hydrogen) atoms. The molecule has 2 saturated heterocycles. The number of piperidine rings is 1. The number of rotatable bonds is 6. The van der Waals surface area contributed by atoms with Gasteiger partial charge in [-0.25, -0.2) is 8.42 Å². The van der Waals surface area contributed by atoms with Gasteiger partial charge in [-0.3, -0.25) is 9.59 Å². The zero-order valence-corrected chi connectivity index (χ0v) is 18.4. The lowest BCUT2D eigenvalue weighted by Gasteiger charge is -2.32. The van der Waals surface area contributed by atoms with Gasteiger partial charge in [0.25, 0.3) is 5.91 Å². The summed E-state index contributed by atoms with van der Waals surface area (Å²) >= 11 is 0. The summed E-state index contributed by atoms with van der Waals surface area (Å²) in [6.07, 6.45) is 5.22. The van der Waals surface area contributed by atoms with Crippen LogP contribution in [0.15, 0.2) is 17.2 Å². The number of nitrogens with zero attached hydrogens (tertiary/aromatic N) is 3. The Labute approximate surface area is 173 Å². The van der Waals surface area contributed by atoms with Gasteiger partial charge in [-0.05, 0) is 37.7 Å². The summed E-state index contributed by atoms with van der Waals surface area (Å²) in [6.45, 7) is 6.40. The van der Waals surface area contributed by atoms with Crippen LogP contribution >= 0.6 is 0 Å². The Morgan fingerprint density at radius 2 is 1.76 bits per heavy atom. The molecule has 0 spiro atoms. The maximum atomic E-state index is 12.7. The molecule has 162 valence electrons. The van der Waals surface area contributed by atoms with Gasteiger partial charge in [0.1, 0.15) is 10.6 Å². The number of amides is 2. The fraction of sp³-hybridized carbons (Fsp3) is 0.700. The monoisotopic (exact) mass is 424 g/mol. The van der Waals surface area contributed by atoms with Crippen molar-refractivity contribution in [1.82, 2.24) is 19.1 Å². The third-order valence-electron chi connectivity index (χ3n) is 5.68. The summed E-state index contributed by atoms with van der Waals surface area (Å²) in [5.74, 6) is 0.231. The van der Waals surface area contributed by atoms with Crippen molar-refractivity contribution < 1.29 is 18.0 Å². The Balaban J connectivity index is 1.59. The zero-order valence-electron chi connectivity index (χ0n) is 17.6. The zero-order chi connectivity index (χ0) is 21.2. The summed E-state index contributed by atoms with van der Waals surface area (Å²) in [5, 5.41) is 3.00. The van der Waals surface area contributed by atoms with Crippen LogP contribution in [0, 0.1) is 5.92 Å². The first kappa shape index (κ1) is 21.8. The molecule has 0 unspecified atom stereocenters. The molecule has 2 fully saturated rings. The molecule has 0 bridgehead atoms. The molecule has 2 amide bonds. The maximum absolute atomic E-state index is 12.7. The van der Waals surface area contributed by atoms with E-state index in [4.69, 9.17) is 0 Å². The molecule has 1 N–H and O–H groups in total. The van der Waals surface area contributed by atoms with Crippen LogP contribution in [0.4, 0.5) is 0 Å². The molecule has 0 atom stereocenters. The van der Waals surface area contributed by atoms with E-state index in [9.17, 15) is 18.0 Å². The molecule has 0 radical (unpaired) electrons. The van der Waals surface area contributed by atoms with Crippen LogP contribution in [0.2, 0.25) is 0 Å². The maximum Gasteiger partial charge on any atom is 0.268 e. The number of aromatic nitrogens is 1. The van der Waals surface area contributed by atoms with E-state index >= 15 is 0 Å². The number of carbonyl (C=O) groups excluding carboxylic acids is 2. The second kappa shape index (κ2) is 8.87. The van der Waals surface area contributed by atoms with Crippen molar-refractivity contribution in [1.29, 1.82) is 0 Å². The molecule has 2 aliphatic heterocycles. The fourth-order valence-corrected chi connectivity index (χ4v) is 5.58. The predicted molar refractivity (Wildman–Crippen MR) is 110 cm³/mol. The molecule has 9 heteroatoms. The summed E-state index contributed by atoms with van der Waals surface area (Å²) in [7, 11) is -1.86. The quantitative estimate of drug-likeness (QED) is 0.750. The van der Waals surface area contributed by atoms with Crippen LogP contribution in [0.1, 0.15) is 56.4 Å². The number of hydrogen-bond acceptors (Lipinski definition) is 4. The standard InChI is InChI=1S/C20H32N4O4S/c1-15(2)12-19(25)23-10-6-16(7-11-23)21-20(26)18-13-17(14-22(18)3)29(27,28)24-8-4-5-9-24/h13-16H,4-12H2,1-3H3,(H,21,26). The highest BCUT2D eigenvalue weighted by Crippen LogP contribution is 2.23.